The fourth-order valence-corrected chi connectivity index (χ4v) is 1.55. The van der Waals surface area contributed by atoms with Gasteiger partial charge in [-0.05, 0) is 25.3 Å². The number of hydrogen-bond donors (Lipinski definition) is 1. The van der Waals surface area contributed by atoms with Gasteiger partial charge < -0.3 is 5.11 Å². The maximum absolute atomic E-state index is 9.79. The van der Waals surface area contributed by atoms with Crippen LogP contribution < -0.4 is 0 Å². The summed E-state index contributed by atoms with van der Waals surface area (Å²) in [5.74, 6) is 0. The van der Waals surface area contributed by atoms with Crippen molar-refractivity contribution in [2.45, 2.75) is 26.0 Å². The van der Waals surface area contributed by atoms with Gasteiger partial charge in [0, 0.05) is 0 Å². The van der Waals surface area contributed by atoms with E-state index in [9.17, 15) is 5.11 Å². The molecule has 0 aliphatic carbocycles. The lowest BCUT2D eigenvalue weighted by atomic mass is 10.1. The fourth-order valence-electron chi connectivity index (χ4n) is 1.55. The van der Waals surface area contributed by atoms with E-state index in [4.69, 9.17) is 0 Å². The second-order valence-electron chi connectivity index (χ2n) is 3.88. The molecule has 2 rings (SSSR count). The van der Waals surface area contributed by atoms with E-state index in [0.29, 0.717) is 6.42 Å². The zero-order valence-corrected chi connectivity index (χ0v) is 9.24. The Hall–Kier alpha value is -1.68. The molecular formula is C12H15N3O. The van der Waals surface area contributed by atoms with Gasteiger partial charge >= 0.3 is 0 Å². The monoisotopic (exact) mass is 217 g/mol. The summed E-state index contributed by atoms with van der Waals surface area (Å²) in [7, 11) is 0. The summed E-state index contributed by atoms with van der Waals surface area (Å²) in [6, 6.07) is 8.33. The Labute approximate surface area is 94.6 Å². The highest BCUT2D eigenvalue weighted by Gasteiger charge is 2.06. The van der Waals surface area contributed by atoms with Crippen LogP contribution in [-0.4, -0.2) is 19.9 Å². The molecule has 1 N–H and O–H groups in total. The summed E-state index contributed by atoms with van der Waals surface area (Å²) >= 11 is 0. The van der Waals surface area contributed by atoms with Crippen LogP contribution in [0.25, 0.3) is 0 Å². The molecule has 1 atom stereocenters. The van der Waals surface area contributed by atoms with Gasteiger partial charge in [-0.25, -0.2) is 9.67 Å². The van der Waals surface area contributed by atoms with Crippen LogP contribution in [0.5, 0.6) is 0 Å². The quantitative estimate of drug-likeness (QED) is 0.848. The van der Waals surface area contributed by atoms with E-state index in [1.165, 1.54) is 28.5 Å². The Balaban J connectivity index is 1.90. The average Bonchev–Trinajstić information content (AvgIpc) is 2.81. The number of benzene rings is 1. The Bertz CT molecular complexity index is 422. The Morgan fingerprint density at radius 1 is 1.31 bits per heavy atom. The number of aliphatic hydroxyl groups is 1. The highest BCUT2D eigenvalue weighted by molar-refractivity contribution is 5.21. The third-order valence-corrected chi connectivity index (χ3v) is 2.55. The van der Waals surface area contributed by atoms with Crippen molar-refractivity contribution >= 4 is 0 Å². The highest BCUT2D eigenvalue weighted by Crippen LogP contribution is 2.11. The molecule has 1 aromatic carbocycles. The van der Waals surface area contributed by atoms with Crippen molar-refractivity contribution in [3.63, 3.8) is 0 Å². The van der Waals surface area contributed by atoms with Crippen LogP contribution in [0.15, 0.2) is 36.9 Å². The minimum absolute atomic E-state index is 0.594. The molecule has 2 aromatic rings. The summed E-state index contributed by atoms with van der Waals surface area (Å²) in [6.45, 7) is 2.06. The molecule has 4 heteroatoms. The number of aliphatic hydroxyl groups excluding tert-OH is 1. The van der Waals surface area contributed by atoms with Crippen molar-refractivity contribution in [2.75, 3.05) is 0 Å². The van der Waals surface area contributed by atoms with E-state index in [0.717, 1.165) is 6.42 Å². The molecule has 1 unspecified atom stereocenters. The molecule has 0 saturated carbocycles. The first-order chi connectivity index (χ1) is 7.75. The van der Waals surface area contributed by atoms with Crippen LogP contribution >= 0.6 is 0 Å². The maximum atomic E-state index is 9.79. The minimum Gasteiger partial charge on any atom is -0.372 e. The summed E-state index contributed by atoms with van der Waals surface area (Å²) in [4.78, 5) is 3.80. The van der Waals surface area contributed by atoms with Crippen molar-refractivity contribution in [1.82, 2.24) is 14.8 Å². The van der Waals surface area contributed by atoms with Gasteiger partial charge in [0.1, 0.15) is 18.9 Å². The lowest BCUT2D eigenvalue weighted by Gasteiger charge is -2.10. The smallest absolute Gasteiger partial charge is 0.149 e. The molecule has 0 fully saturated rings. The Morgan fingerprint density at radius 3 is 2.69 bits per heavy atom. The van der Waals surface area contributed by atoms with Gasteiger partial charge in [-0.2, -0.15) is 5.10 Å². The van der Waals surface area contributed by atoms with Gasteiger partial charge in [-0.3, -0.25) is 0 Å². The van der Waals surface area contributed by atoms with Crippen LogP contribution in [0.3, 0.4) is 0 Å². The number of nitrogens with zero attached hydrogens (tertiary/aromatic N) is 3. The molecule has 84 valence electrons. The molecule has 0 aliphatic rings. The zero-order chi connectivity index (χ0) is 11.4. The molecule has 1 heterocycles. The van der Waals surface area contributed by atoms with Crippen molar-refractivity contribution in [3.05, 3.63) is 48.0 Å². The first-order valence-electron chi connectivity index (χ1n) is 5.33. The van der Waals surface area contributed by atoms with Crippen LogP contribution in [0.1, 0.15) is 23.8 Å². The topological polar surface area (TPSA) is 50.9 Å². The third-order valence-electron chi connectivity index (χ3n) is 2.55. The predicted molar refractivity (Wildman–Crippen MR) is 60.8 cm³/mol. The van der Waals surface area contributed by atoms with Gasteiger partial charge in [0.05, 0.1) is 0 Å². The molecule has 0 aliphatic heterocycles. The first-order valence-corrected chi connectivity index (χ1v) is 5.33. The number of aryl methyl sites for hydroxylation is 2. The molecule has 0 bridgehead atoms. The summed E-state index contributed by atoms with van der Waals surface area (Å²) < 4.78 is 1.47. The van der Waals surface area contributed by atoms with Crippen LogP contribution in [-0.2, 0) is 6.42 Å². The SMILES string of the molecule is Cc1ccc(CCC(O)n2cncn2)cc1. The Morgan fingerprint density at radius 2 is 2.06 bits per heavy atom. The van der Waals surface area contributed by atoms with Crippen LogP contribution in [0.2, 0.25) is 0 Å². The first kappa shape index (κ1) is 10.8. The van der Waals surface area contributed by atoms with E-state index in [2.05, 4.69) is 41.3 Å². The van der Waals surface area contributed by atoms with Crippen molar-refractivity contribution < 1.29 is 5.11 Å². The summed E-state index contributed by atoms with van der Waals surface area (Å²) in [5.41, 5.74) is 2.48. The summed E-state index contributed by atoms with van der Waals surface area (Å²) in [5, 5.41) is 13.7. The number of hydrogen-bond acceptors (Lipinski definition) is 3. The second-order valence-corrected chi connectivity index (χ2v) is 3.88. The molecule has 0 radical (unpaired) electrons. The summed E-state index contributed by atoms with van der Waals surface area (Å²) in [6.07, 6.45) is 3.84. The standard InChI is InChI=1S/C12H15N3O/c1-10-2-4-11(5-3-10)6-7-12(16)15-9-13-8-14-15/h2-5,8-9,12,16H,6-7H2,1H3. The third kappa shape index (κ3) is 2.67. The molecule has 4 nitrogen and oxygen atoms in total. The van der Waals surface area contributed by atoms with Crippen LogP contribution in [0.4, 0.5) is 0 Å². The molecular weight excluding hydrogens is 202 g/mol. The van der Waals surface area contributed by atoms with E-state index in [1.807, 2.05) is 0 Å². The van der Waals surface area contributed by atoms with E-state index in [1.54, 1.807) is 0 Å². The lowest BCUT2D eigenvalue weighted by molar-refractivity contribution is 0.0815. The van der Waals surface area contributed by atoms with Crippen molar-refractivity contribution in [1.29, 1.82) is 0 Å². The largest absolute Gasteiger partial charge is 0.372 e. The van der Waals surface area contributed by atoms with E-state index < -0.39 is 6.23 Å². The normalized spacial score (nSPS) is 12.6. The maximum Gasteiger partial charge on any atom is 0.149 e. The van der Waals surface area contributed by atoms with E-state index in [-0.39, 0.29) is 0 Å². The zero-order valence-electron chi connectivity index (χ0n) is 9.24. The van der Waals surface area contributed by atoms with Crippen LogP contribution in [0, 0.1) is 6.92 Å². The van der Waals surface area contributed by atoms with E-state index >= 15 is 0 Å². The second kappa shape index (κ2) is 4.90. The van der Waals surface area contributed by atoms with Gasteiger partial charge in [-0.1, -0.05) is 29.8 Å². The number of aromatic nitrogens is 3. The van der Waals surface area contributed by atoms with Crippen molar-refractivity contribution in [2.24, 2.45) is 0 Å². The number of rotatable bonds is 4. The Kier molecular flexibility index (Phi) is 3.31. The van der Waals surface area contributed by atoms with Gasteiger partial charge in [0.2, 0.25) is 0 Å². The molecule has 1 aromatic heterocycles. The highest BCUT2D eigenvalue weighted by atomic mass is 16.3. The minimum atomic E-state index is -0.594. The predicted octanol–water partition coefficient (Wildman–Crippen LogP) is 1.71. The average molecular weight is 217 g/mol. The molecule has 16 heavy (non-hydrogen) atoms. The van der Waals surface area contributed by atoms with Gasteiger partial charge in [0.15, 0.2) is 0 Å². The van der Waals surface area contributed by atoms with Crippen molar-refractivity contribution in [3.8, 4) is 0 Å². The van der Waals surface area contributed by atoms with Gasteiger partial charge in [0.25, 0.3) is 0 Å². The van der Waals surface area contributed by atoms with Gasteiger partial charge in [-0.15, -0.1) is 0 Å². The molecule has 0 amide bonds. The lowest BCUT2D eigenvalue weighted by Crippen LogP contribution is -2.09. The fraction of sp³-hybridized carbons (Fsp3) is 0.333. The molecule has 0 saturated heterocycles. The molecule has 0 spiro atoms.